The first kappa shape index (κ1) is 19.4. The molecule has 0 atom stereocenters. The number of ketones is 1. The SMILES string of the molecule is CCOC(=O)c1cnc(SC)nc1Nc1oc(C)c(C(C)=O)c1C(N)=O. The molecule has 3 N–H and O–H groups in total. The van der Waals surface area contributed by atoms with Gasteiger partial charge in [-0.1, -0.05) is 11.8 Å². The molecule has 0 aliphatic heterocycles. The summed E-state index contributed by atoms with van der Waals surface area (Å²) in [4.78, 5) is 44.0. The number of aryl methyl sites for hydroxylation is 1. The molecule has 26 heavy (non-hydrogen) atoms. The van der Waals surface area contributed by atoms with E-state index in [0.717, 1.165) is 0 Å². The molecule has 0 aromatic carbocycles. The van der Waals surface area contributed by atoms with Crippen LogP contribution in [0.1, 0.15) is 50.7 Å². The molecule has 2 heterocycles. The Balaban J connectivity index is 2.57. The molecule has 0 unspecified atom stereocenters. The highest BCUT2D eigenvalue weighted by molar-refractivity contribution is 7.98. The number of Topliss-reactive ketones (excluding diaryl/α,β-unsaturated/α-hetero) is 1. The maximum absolute atomic E-state index is 12.1. The van der Waals surface area contributed by atoms with Crippen molar-refractivity contribution in [1.82, 2.24) is 9.97 Å². The number of rotatable bonds is 7. The lowest BCUT2D eigenvalue weighted by Gasteiger charge is -2.10. The average molecular weight is 378 g/mol. The van der Waals surface area contributed by atoms with Gasteiger partial charge in [-0.25, -0.2) is 14.8 Å². The Morgan fingerprint density at radius 2 is 2.04 bits per heavy atom. The molecule has 0 aliphatic carbocycles. The minimum absolute atomic E-state index is 0.0542. The van der Waals surface area contributed by atoms with Crippen LogP contribution in [-0.2, 0) is 4.74 Å². The Morgan fingerprint density at radius 3 is 2.58 bits per heavy atom. The van der Waals surface area contributed by atoms with E-state index in [0.29, 0.717) is 5.16 Å². The van der Waals surface area contributed by atoms with E-state index in [2.05, 4.69) is 15.3 Å². The van der Waals surface area contributed by atoms with Crippen molar-refractivity contribution in [3.8, 4) is 0 Å². The van der Waals surface area contributed by atoms with E-state index >= 15 is 0 Å². The second kappa shape index (κ2) is 8.00. The van der Waals surface area contributed by atoms with E-state index in [1.165, 1.54) is 31.8 Å². The van der Waals surface area contributed by atoms with Gasteiger partial charge >= 0.3 is 5.97 Å². The monoisotopic (exact) mass is 378 g/mol. The van der Waals surface area contributed by atoms with Gasteiger partial charge in [0, 0.05) is 6.20 Å². The van der Waals surface area contributed by atoms with Crippen molar-refractivity contribution in [3.63, 3.8) is 0 Å². The molecular formula is C16H18N4O5S. The van der Waals surface area contributed by atoms with Crippen LogP contribution in [-0.4, -0.2) is 40.5 Å². The Morgan fingerprint density at radius 1 is 1.35 bits per heavy atom. The third kappa shape index (κ3) is 3.85. The second-order valence-electron chi connectivity index (χ2n) is 5.12. The van der Waals surface area contributed by atoms with E-state index in [1.54, 1.807) is 13.2 Å². The van der Waals surface area contributed by atoms with E-state index in [9.17, 15) is 14.4 Å². The van der Waals surface area contributed by atoms with Crippen molar-refractivity contribution in [2.24, 2.45) is 5.73 Å². The lowest BCUT2D eigenvalue weighted by atomic mass is 10.1. The van der Waals surface area contributed by atoms with E-state index in [4.69, 9.17) is 14.9 Å². The number of furan rings is 1. The first-order chi connectivity index (χ1) is 12.3. The summed E-state index contributed by atoms with van der Waals surface area (Å²) in [5.74, 6) is -1.62. The zero-order valence-electron chi connectivity index (χ0n) is 14.7. The molecule has 0 saturated heterocycles. The molecule has 9 nitrogen and oxygen atoms in total. The zero-order valence-corrected chi connectivity index (χ0v) is 15.5. The van der Waals surface area contributed by atoms with Gasteiger partial charge in [0.1, 0.15) is 16.9 Å². The van der Waals surface area contributed by atoms with Crippen molar-refractivity contribution in [2.45, 2.75) is 25.9 Å². The molecule has 0 aliphatic rings. The van der Waals surface area contributed by atoms with E-state index < -0.39 is 11.9 Å². The molecule has 0 radical (unpaired) electrons. The summed E-state index contributed by atoms with van der Waals surface area (Å²) in [5.41, 5.74) is 5.43. The van der Waals surface area contributed by atoms with Crippen LogP contribution in [0.15, 0.2) is 15.8 Å². The molecule has 2 aromatic rings. The lowest BCUT2D eigenvalue weighted by molar-refractivity contribution is 0.0526. The number of nitrogens with one attached hydrogen (secondary N) is 1. The Kier molecular flexibility index (Phi) is 5.98. The number of aromatic nitrogens is 2. The van der Waals surface area contributed by atoms with Crippen LogP contribution in [0.25, 0.3) is 0 Å². The lowest BCUT2D eigenvalue weighted by Crippen LogP contribution is -2.17. The number of esters is 1. The molecule has 138 valence electrons. The topological polar surface area (TPSA) is 137 Å². The number of amides is 1. The summed E-state index contributed by atoms with van der Waals surface area (Å²) < 4.78 is 10.5. The quantitative estimate of drug-likeness (QED) is 0.322. The number of hydrogen-bond acceptors (Lipinski definition) is 9. The maximum Gasteiger partial charge on any atom is 0.343 e. The van der Waals surface area contributed by atoms with Gasteiger partial charge in [0.05, 0.1) is 12.2 Å². The third-order valence-electron chi connectivity index (χ3n) is 3.36. The summed E-state index contributed by atoms with van der Waals surface area (Å²) in [6.45, 7) is 4.67. The fraction of sp³-hybridized carbons (Fsp3) is 0.312. The number of nitrogens with zero attached hydrogens (tertiary/aromatic N) is 2. The van der Waals surface area contributed by atoms with Gasteiger partial charge in [-0.3, -0.25) is 9.59 Å². The van der Waals surface area contributed by atoms with Crippen LogP contribution < -0.4 is 11.1 Å². The zero-order chi connectivity index (χ0) is 19.4. The van der Waals surface area contributed by atoms with Crippen molar-refractivity contribution < 1.29 is 23.5 Å². The number of ether oxygens (including phenoxy) is 1. The molecule has 2 rings (SSSR count). The number of thioether (sulfide) groups is 1. The number of carbonyl (C=O) groups is 3. The molecule has 1 amide bonds. The van der Waals surface area contributed by atoms with Gasteiger partial charge in [0.25, 0.3) is 5.91 Å². The van der Waals surface area contributed by atoms with Crippen LogP contribution in [0.3, 0.4) is 0 Å². The molecule has 10 heteroatoms. The molecule has 0 fully saturated rings. The number of hydrogen-bond donors (Lipinski definition) is 2. The summed E-state index contributed by atoms with van der Waals surface area (Å²) in [5, 5.41) is 3.15. The molecule has 0 bridgehead atoms. The van der Waals surface area contributed by atoms with Gasteiger partial charge in [0.15, 0.2) is 16.8 Å². The maximum atomic E-state index is 12.1. The van der Waals surface area contributed by atoms with Crippen molar-refractivity contribution in [2.75, 3.05) is 18.2 Å². The van der Waals surface area contributed by atoms with Crippen molar-refractivity contribution >= 4 is 41.1 Å². The minimum atomic E-state index is -0.841. The summed E-state index contributed by atoms with van der Waals surface area (Å²) in [6.07, 6.45) is 3.08. The number of nitrogens with two attached hydrogens (primary N) is 1. The number of carbonyl (C=O) groups excluding carboxylic acids is 3. The van der Waals surface area contributed by atoms with Crippen LogP contribution >= 0.6 is 11.8 Å². The van der Waals surface area contributed by atoms with Gasteiger partial charge in [-0.15, -0.1) is 0 Å². The van der Waals surface area contributed by atoms with E-state index in [1.807, 2.05) is 0 Å². The highest BCUT2D eigenvalue weighted by Crippen LogP contribution is 2.31. The van der Waals surface area contributed by atoms with Crippen LogP contribution in [0, 0.1) is 6.92 Å². The first-order valence-corrected chi connectivity index (χ1v) is 8.81. The fourth-order valence-corrected chi connectivity index (χ4v) is 2.66. The highest BCUT2D eigenvalue weighted by atomic mass is 32.2. The predicted molar refractivity (Wildman–Crippen MR) is 95.0 cm³/mol. The average Bonchev–Trinajstić information content (AvgIpc) is 2.91. The van der Waals surface area contributed by atoms with Gasteiger partial charge < -0.3 is 20.2 Å². The fourth-order valence-electron chi connectivity index (χ4n) is 2.32. The Labute approximate surface area is 153 Å². The number of primary amides is 1. The normalized spacial score (nSPS) is 10.5. The second-order valence-corrected chi connectivity index (χ2v) is 5.90. The Bertz CT molecular complexity index is 878. The Hall–Kier alpha value is -2.88. The number of anilines is 2. The minimum Gasteiger partial charge on any atom is -0.462 e. The smallest absolute Gasteiger partial charge is 0.343 e. The van der Waals surface area contributed by atoms with Crippen LogP contribution in [0.4, 0.5) is 11.7 Å². The van der Waals surface area contributed by atoms with Crippen LogP contribution in [0.5, 0.6) is 0 Å². The summed E-state index contributed by atoms with van der Waals surface area (Å²) in [6, 6.07) is 0. The van der Waals surface area contributed by atoms with Crippen molar-refractivity contribution in [1.29, 1.82) is 0 Å². The standard InChI is InChI=1S/C16H18N4O5S/c1-5-24-15(23)9-6-18-16(26-4)20-13(9)19-14-11(12(17)22)10(7(2)21)8(3)25-14/h6H,5H2,1-4H3,(H2,17,22)(H,18,19,20). The molecule has 0 spiro atoms. The van der Waals surface area contributed by atoms with Gasteiger partial charge in [-0.2, -0.15) is 0 Å². The third-order valence-corrected chi connectivity index (χ3v) is 3.92. The molecule has 2 aromatic heterocycles. The largest absolute Gasteiger partial charge is 0.462 e. The summed E-state index contributed by atoms with van der Waals surface area (Å²) in [7, 11) is 0. The van der Waals surface area contributed by atoms with Crippen LogP contribution in [0.2, 0.25) is 0 Å². The van der Waals surface area contributed by atoms with E-state index in [-0.39, 0.29) is 46.5 Å². The van der Waals surface area contributed by atoms with Gasteiger partial charge in [0.2, 0.25) is 5.88 Å². The molecule has 0 saturated carbocycles. The first-order valence-electron chi connectivity index (χ1n) is 7.59. The highest BCUT2D eigenvalue weighted by Gasteiger charge is 2.27. The predicted octanol–water partition coefficient (Wildman–Crippen LogP) is 2.32. The van der Waals surface area contributed by atoms with Crippen molar-refractivity contribution in [3.05, 3.63) is 28.6 Å². The van der Waals surface area contributed by atoms with Gasteiger partial charge in [-0.05, 0) is 27.0 Å². The summed E-state index contributed by atoms with van der Waals surface area (Å²) >= 11 is 1.26. The molecular weight excluding hydrogens is 360 g/mol.